The van der Waals surface area contributed by atoms with Crippen LogP contribution in [0, 0.1) is 0 Å². The molecule has 0 saturated carbocycles. The van der Waals surface area contributed by atoms with Crippen molar-refractivity contribution in [3.05, 3.63) is 30.3 Å². The minimum Gasteiger partial charge on any atom is -0.395 e. The topological polar surface area (TPSA) is 125 Å². The maximum atomic E-state index is 12.7. The third-order valence-electron chi connectivity index (χ3n) is 3.54. The van der Waals surface area contributed by atoms with Crippen LogP contribution in [-0.4, -0.2) is 68.7 Å². The predicted octanol–water partition coefficient (Wildman–Crippen LogP) is -1.35. The van der Waals surface area contributed by atoms with E-state index in [-0.39, 0.29) is 31.1 Å². The van der Waals surface area contributed by atoms with Gasteiger partial charge in [0.2, 0.25) is 10.0 Å². The van der Waals surface area contributed by atoms with Gasteiger partial charge in [-0.1, -0.05) is 18.2 Å². The third-order valence-corrected chi connectivity index (χ3v) is 5.45. The molecule has 1 heterocycles. The average Bonchev–Trinajstić information content (AvgIpc) is 2.65. The lowest BCUT2D eigenvalue weighted by atomic mass is 10.3. The van der Waals surface area contributed by atoms with Gasteiger partial charge in [0.1, 0.15) is 6.23 Å². The molecule has 1 aromatic rings. The van der Waals surface area contributed by atoms with E-state index in [4.69, 9.17) is 9.84 Å². The largest absolute Gasteiger partial charge is 0.395 e. The number of nitrogens with one attached hydrogen (secondary N) is 2. The van der Waals surface area contributed by atoms with Crippen LogP contribution in [0.3, 0.4) is 0 Å². The Morgan fingerprint density at radius 1 is 1.20 bits per heavy atom. The Bertz CT molecular complexity index is 694. The molecule has 10 heteroatoms. The molecule has 3 N–H and O–H groups in total. The van der Waals surface area contributed by atoms with Crippen molar-refractivity contribution >= 4 is 21.8 Å². The lowest BCUT2D eigenvalue weighted by Crippen LogP contribution is -2.53. The molecular weight excluding hydrogens is 350 g/mol. The second-order valence-electron chi connectivity index (χ2n) is 5.30. The van der Waals surface area contributed by atoms with Crippen molar-refractivity contribution in [2.75, 3.05) is 32.8 Å². The van der Waals surface area contributed by atoms with Crippen LogP contribution in [-0.2, 0) is 24.3 Å². The van der Waals surface area contributed by atoms with Gasteiger partial charge in [-0.2, -0.15) is 4.31 Å². The number of carbonyl (C=O) groups is 2. The summed E-state index contributed by atoms with van der Waals surface area (Å²) >= 11 is 0. The molecule has 0 bridgehead atoms. The van der Waals surface area contributed by atoms with E-state index in [0.717, 1.165) is 0 Å². The lowest BCUT2D eigenvalue weighted by Gasteiger charge is -2.34. The number of hydrogen-bond acceptors (Lipinski definition) is 6. The fourth-order valence-electron chi connectivity index (χ4n) is 2.34. The minimum absolute atomic E-state index is 0.0410. The molecule has 1 saturated heterocycles. The van der Waals surface area contributed by atoms with Crippen LogP contribution >= 0.6 is 0 Å². The molecule has 2 amide bonds. The van der Waals surface area contributed by atoms with E-state index >= 15 is 0 Å². The van der Waals surface area contributed by atoms with Gasteiger partial charge in [0.15, 0.2) is 0 Å². The van der Waals surface area contributed by atoms with Gasteiger partial charge in [-0.05, 0) is 18.6 Å². The standard InChI is InChI=1S/C15H21N3O6S/c19-9-7-16-14(20)15(21)17-11-13-18(8-4-10-24-13)25(22,23)12-5-2-1-3-6-12/h1-3,5-6,13,19H,4,7-11H2,(H,16,20)(H,17,21). The molecule has 2 rings (SSSR count). The van der Waals surface area contributed by atoms with Gasteiger partial charge in [0, 0.05) is 13.1 Å². The van der Waals surface area contributed by atoms with Gasteiger partial charge in [0.05, 0.1) is 24.7 Å². The number of hydrogen-bond donors (Lipinski definition) is 3. The molecule has 0 radical (unpaired) electrons. The maximum Gasteiger partial charge on any atom is 0.309 e. The number of aliphatic hydroxyl groups excluding tert-OH is 1. The molecule has 25 heavy (non-hydrogen) atoms. The van der Waals surface area contributed by atoms with Crippen molar-refractivity contribution in [1.82, 2.24) is 14.9 Å². The van der Waals surface area contributed by atoms with Gasteiger partial charge < -0.3 is 20.5 Å². The molecule has 1 unspecified atom stereocenters. The molecule has 9 nitrogen and oxygen atoms in total. The fourth-order valence-corrected chi connectivity index (χ4v) is 3.93. The molecular formula is C15H21N3O6S. The highest BCUT2D eigenvalue weighted by Crippen LogP contribution is 2.21. The van der Waals surface area contributed by atoms with E-state index in [9.17, 15) is 18.0 Å². The number of nitrogens with zero attached hydrogens (tertiary/aromatic N) is 1. The van der Waals surface area contributed by atoms with Crippen molar-refractivity contribution in [2.24, 2.45) is 0 Å². The van der Waals surface area contributed by atoms with E-state index < -0.39 is 28.1 Å². The van der Waals surface area contributed by atoms with Crippen LogP contribution in [0.25, 0.3) is 0 Å². The molecule has 0 aromatic heterocycles. The summed E-state index contributed by atoms with van der Waals surface area (Å²) in [7, 11) is -3.77. The first-order valence-electron chi connectivity index (χ1n) is 7.82. The Morgan fingerprint density at radius 3 is 2.56 bits per heavy atom. The smallest absolute Gasteiger partial charge is 0.309 e. The number of sulfonamides is 1. The van der Waals surface area contributed by atoms with Crippen LogP contribution < -0.4 is 10.6 Å². The molecule has 1 fully saturated rings. The number of amides is 2. The highest BCUT2D eigenvalue weighted by atomic mass is 32.2. The van der Waals surface area contributed by atoms with E-state index in [1.54, 1.807) is 18.2 Å². The molecule has 1 aliphatic heterocycles. The van der Waals surface area contributed by atoms with Crippen molar-refractivity contribution in [2.45, 2.75) is 17.5 Å². The first-order chi connectivity index (χ1) is 12.0. The Balaban J connectivity index is 2.03. The third kappa shape index (κ3) is 4.98. The minimum atomic E-state index is -3.77. The van der Waals surface area contributed by atoms with Crippen molar-refractivity contribution in [3.63, 3.8) is 0 Å². The van der Waals surface area contributed by atoms with Crippen LogP contribution in [0.1, 0.15) is 6.42 Å². The Hall–Kier alpha value is -2.01. The second-order valence-corrected chi connectivity index (χ2v) is 7.19. The summed E-state index contributed by atoms with van der Waals surface area (Å²) in [5.41, 5.74) is 0. The van der Waals surface area contributed by atoms with Crippen LogP contribution in [0.4, 0.5) is 0 Å². The van der Waals surface area contributed by atoms with Crippen molar-refractivity contribution < 1.29 is 27.9 Å². The number of carbonyl (C=O) groups excluding carboxylic acids is 2. The summed E-state index contributed by atoms with van der Waals surface area (Å²) in [6.45, 7) is 0.137. The van der Waals surface area contributed by atoms with Crippen molar-refractivity contribution in [1.29, 1.82) is 0 Å². The maximum absolute atomic E-state index is 12.7. The number of aliphatic hydroxyl groups is 1. The van der Waals surface area contributed by atoms with Gasteiger partial charge in [-0.25, -0.2) is 8.42 Å². The monoisotopic (exact) mass is 371 g/mol. The van der Waals surface area contributed by atoms with Gasteiger partial charge in [0.25, 0.3) is 0 Å². The summed E-state index contributed by atoms with van der Waals surface area (Å²) in [6, 6.07) is 7.94. The first kappa shape index (κ1) is 19.3. The van der Waals surface area contributed by atoms with Crippen LogP contribution in [0.15, 0.2) is 35.2 Å². The zero-order valence-electron chi connectivity index (χ0n) is 13.6. The predicted molar refractivity (Wildman–Crippen MR) is 87.8 cm³/mol. The van der Waals surface area contributed by atoms with E-state index in [1.165, 1.54) is 16.4 Å². The summed E-state index contributed by atoms with van der Waals surface area (Å²) in [4.78, 5) is 23.3. The molecule has 1 atom stereocenters. The summed E-state index contributed by atoms with van der Waals surface area (Å²) in [5.74, 6) is -1.82. The normalized spacial score (nSPS) is 18.5. The van der Waals surface area contributed by atoms with Gasteiger partial charge >= 0.3 is 11.8 Å². The van der Waals surface area contributed by atoms with Gasteiger partial charge in [-0.15, -0.1) is 0 Å². The number of ether oxygens (including phenoxy) is 1. The number of benzene rings is 1. The Labute approximate surface area is 146 Å². The second kappa shape index (κ2) is 8.90. The first-order valence-corrected chi connectivity index (χ1v) is 9.26. The van der Waals surface area contributed by atoms with E-state index in [2.05, 4.69) is 10.6 Å². The van der Waals surface area contributed by atoms with Gasteiger partial charge in [-0.3, -0.25) is 9.59 Å². The summed E-state index contributed by atoms with van der Waals surface area (Å²) < 4.78 is 32.1. The molecule has 1 aromatic carbocycles. The lowest BCUT2D eigenvalue weighted by molar-refractivity contribution is -0.140. The molecule has 0 aliphatic carbocycles. The van der Waals surface area contributed by atoms with Crippen LogP contribution in [0.2, 0.25) is 0 Å². The molecule has 0 spiro atoms. The van der Waals surface area contributed by atoms with Crippen LogP contribution in [0.5, 0.6) is 0 Å². The quantitative estimate of drug-likeness (QED) is 0.531. The van der Waals surface area contributed by atoms with Crippen molar-refractivity contribution in [3.8, 4) is 0 Å². The Kier molecular flexibility index (Phi) is 6.88. The average molecular weight is 371 g/mol. The zero-order chi connectivity index (χ0) is 18.3. The molecule has 138 valence electrons. The fraction of sp³-hybridized carbons (Fsp3) is 0.467. The highest BCUT2D eigenvalue weighted by Gasteiger charge is 2.34. The summed E-state index contributed by atoms with van der Waals surface area (Å²) in [6.07, 6.45) is -0.360. The Morgan fingerprint density at radius 2 is 1.88 bits per heavy atom. The summed E-state index contributed by atoms with van der Waals surface area (Å²) in [5, 5.41) is 13.2. The SMILES string of the molecule is O=C(NCCO)C(=O)NCC1OCCCN1S(=O)(=O)c1ccccc1. The number of rotatable bonds is 6. The van der Waals surface area contributed by atoms with E-state index in [1.807, 2.05) is 0 Å². The highest BCUT2D eigenvalue weighted by molar-refractivity contribution is 7.89. The van der Waals surface area contributed by atoms with E-state index in [0.29, 0.717) is 13.0 Å². The molecule has 1 aliphatic rings. The zero-order valence-corrected chi connectivity index (χ0v) is 14.4.